The van der Waals surface area contributed by atoms with Gasteiger partial charge in [-0.15, -0.1) is 0 Å². The van der Waals surface area contributed by atoms with Crippen molar-refractivity contribution in [2.45, 2.75) is 85.0 Å². The molecular formula is C23H36O3. The van der Waals surface area contributed by atoms with Crippen LogP contribution in [0.3, 0.4) is 0 Å². The maximum atomic E-state index is 13.7. The predicted octanol–water partition coefficient (Wildman–Crippen LogP) is 5.33. The van der Waals surface area contributed by atoms with E-state index in [1.54, 1.807) is 0 Å². The van der Waals surface area contributed by atoms with Crippen LogP contribution in [0.25, 0.3) is 0 Å². The molecule has 0 aromatic carbocycles. The first-order chi connectivity index (χ1) is 12.3. The second-order valence-corrected chi connectivity index (χ2v) is 10.4. The second kappa shape index (κ2) is 6.34. The summed E-state index contributed by atoms with van der Waals surface area (Å²) < 4.78 is 0. The van der Waals surface area contributed by atoms with Crippen molar-refractivity contribution in [1.82, 2.24) is 0 Å². The van der Waals surface area contributed by atoms with E-state index in [4.69, 9.17) is 0 Å². The number of carbonyl (C=O) groups excluding carboxylic acids is 1. The van der Waals surface area contributed by atoms with Crippen molar-refractivity contribution in [2.75, 3.05) is 0 Å². The van der Waals surface area contributed by atoms with E-state index in [1.165, 1.54) is 25.7 Å². The molecule has 3 heteroatoms. The summed E-state index contributed by atoms with van der Waals surface area (Å²) in [4.78, 5) is 25.1. The van der Waals surface area contributed by atoms with Gasteiger partial charge in [-0.05, 0) is 79.4 Å². The number of rotatable bonds is 3. The first-order valence-corrected chi connectivity index (χ1v) is 11.1. The maximum Gasteiger partial charge on any atom is 0.303 e. The third-order valence-corrected chi connectivity index (χ3v) is 9.68. The van der Waals surface area contributed by atoms with Crippen LogP contribution in [0.4, 0.5) is 0 Å². The number of carboxylic acid groups (broad SMARTS) is 1. The second-order valence-electron chi connectivity index (χ2n) is 10.4. The Morgan fingerprint density at radius 2 is 1.73 bits per heavy atom. The Bertz CT molecular complexity index is 598. The summed E-state index contributed by atoms with van der Waals surface area (Å²) in [6.45, 7) is 7.04. The Morgan fingerprint density at radius 3 is 2.42 bits per heavy atom. The van der Waals surface area contributed by atoms with Crippen LogP contribution in [0.5, 0.6) is 0 Å². The summed E-state index contributed by atoms with van der Waals surface area (Å²) in [6.07, 6.45) is 10.8. The van der Waals surface area contributed by atoms with Crippen molar-refractivity contribution in [3.8, 4) is 0 Å². The Morgan fingerprint density at radius 1 is 1.00 bits per heavy atom. The summed E-state index contributed by atoms with van der Waals surface area (Å²) in [5.74, 6) is 2.18. The zero-order chi connectivity index (χ0) is 18.7. The molecule has 4 saturated carbocycles. The van der Waals surface area contributed by atoms with Crippen molar-refractivity contribution in [1.29, 1.82) is 0 Å². The molecule has 26 heavy (non-hydrogen) atoms. The fraction of sp³-hybridized carbons (Fsp3) is 0.913. The van der Waals surface area contributed by atoms with Crippen LogP contribution in [0.2, 0.25) is 0 Å². The van der Waals surface area contributed by atoms with Crippen molar-refractivity contribution < 1.29 is 14.7 Å². The number of carbonyl (C=O) groups is 2. The molecule has 0 saturated heterocycles. The lowest BCUT2D eigenvalue weighted by molar-refractivity contribution is -0.167. The Hall–Kier alpha value is -0.860. The summed E-state index contributed by atoms with van der Waals surface area (Å²) in [5, 5.41) is 9.37. The highest BCUT2D eigenvalue weighted by Crippen LogP contribution is 2.68. The van der Waals surface area contributed by atoms with Crippen LogP contribution in [0.1, 0.15) is 85.0 Å². The highest BCUT2D eigenvalue weighted by molar-refractivity contribution is 5.86. The molecule has 146 valence electrons. The summed E-state index contributed by atoms with van der Waals surface area (Å²) in [5.41, 5.74) is 0.398. The van der Waals surface area contributed by atoms with E-state index in [2.05, 4.69) is 20.8 Å². The molecule has 8 atom stereocenters. The molecular weight excluding hydrogens is 324 g/mol. The number of aliphatic carboxylic acids is 1. The number of hydrogen-bond acceptors (Lipinski definition) is 2. The smallest absolute Gasteiger partial charge is 0.303 e. The van der Waals surface area contributed by atoms with Gasteiger partial charge in [-0.2, -0.15) is 0 Å². The predicted molar refractivity (Wildman–Crippen MR) is 102 cm³/mol. The molecule has 3 nitrogen and oxygen atoms in total. The summed E-state index contributed by atoms with van der Waals surface area (Å²) in [7, 11) is 0. The van der Waals surface area contributed by atoms with Crippen molar-refractivity contribution in [3.05, 3.63) is 0 Å². The first kappa shape index (κ1) is 18.5. The van der Waals surface area contributed by atoms with Crippen LogP contribution in [0.15, 0.2) is 0 Å². The zero-order valence-electron chi connectivity index (χ0n) is 16.8. The fourth-order valence-corrected chi connectivity index (χ4v) is 8.37. The Kier molecular flexibility index (Phi) is 4.51. The summed E-state index contributed by atoms with van der Waals surface area (Å²) >= 11 is 0. The van der Waals surface area contributed by atoms with Gasteiger partial charge in [0.2, 0.25) is 0 Å². The highest BCUT2D eigenvalue weighted by Gasteiger charge is 2.64. The number of Topliss-reactive ketones (excluding diaryl/α,β-unsaturated/α-hetero) is 1. The molecule has 0 amide bonds. The van der Waals surface area contributed by atoms with Gasteiger partial charge in [-0.3, -0.25) is 9.59 Å². The minimum absolute atomic E-state index is 0.0609. The Labute approximate surface area is 158 Å². The number of fused-ring (bicyclic) bond motifs is 5. The monoisotopic (exact) mass is 360 g/mol. The molecule has 0 aliphatic heterocycles. The van der Waals surface area contributed by atoms with Gasteiger partial charge in [0, 0.05) is 18.3 Å². The van der Waals surface area contributed by atoms with E-state index in [9.17, 15) is 14.7 Å². The van der Waals surface area contributed by atoms with Gasteiger partial charge in [-0.1, -0.05) is 33.6 Å². The van der Waals surface area contributed by atoms with Gasteiger partial charge >= 0.3 is 5.97 Å². The lowest BCUT2D eigenvalue weighted by Gasteiger charge is -2.61. The van der Waals surface area contributed by atoms with E-state index >= 15 is 0 Å². The third kappa shape index (κ3) is 2.44. The lowest BCUT2D eigenvalue weighted by Crippen LogP contribution is -2.59. The number of hydrogen-bond donors (Lipinski definition) is 1. The van der Waals surface area contributed by atoms with Crippen molar-refractivity contribution in [3.63, 3.8) is 0 Å². The van der Waals surface area contributed by atoms with Gasteiger partial charge in [0.05, 0.1) is 0 Å². The molecule has 0 radical (unpaired) electrons. The van der Waals surface area contributed by atoms with E-state index in [1.807, 2.05) is 0 Å². The van der Waals surface area contributed by atoms with Crippen LogP contribution < -0.4 is 0 Å². The minimum Gasteiger partial charge on any atom is -0.481 e. The van der Waals surface area contributed by atoms with E-state index < -0.39 is 5.97 Å². The molecule has 0 aromatic rings. The SMILES string of the molecule is CCC1C(=O)C2C3CCC(CC(=O)O)C3(C)CCC2C2(C)CCCCC12. The summed E-state index contributed by atoms with van der Waals surface area (Å²) in [6, 6.07) is 0. The van der Waals surface area contributed by atoms with E-state index in [0.717, 1.165) is 32.1 Å². The molecule has 1 N–H and O–H groups in total. The average Bonchev–Trinajstić information content (AvgIpc) is 2.91. The van der Waals surface area contributed by atoms with Crippen LogP contribution in [-0.2, 0) is 9.59 Å². The van der Waals surface area contributed by atoms with Gasteiger partial charge in [0.15, 0.2) is 0 Å². The Balaban J connectivity index is 1.70. The molecule has 4 rings (SSSR count). The lowest BCUT2D eigenvalue weighted by atomic mass is 9.42. The van der Waals surface area contributed by atoms with Crippen LogP contribution in [0, 0.1) is 46.3 Å². The van der Waals surface area contributed by atoms with Gasteiger partial charge in [-0.25, -0.2) is 0 Å². The van der Waals surface area contributed by atoms with Crippen molar-refractivity contribution in [2.24, 2.45) is 46.3 Å². The largest absolute Gasteiger partial charge is 0.481 e. The maximum absolute atomic E-state index is 13.7. The van der Waals surface area contributed by atoms with Gasteiger partial charge < -0.3 is 5.11 Å². The number of carboxylic acids is 1. The molecule has 4 aliphatic carbocycles. The van der Waals surface area contributed by atoms with E-state index in [-0.39, 0.29) is 29.6 Å². The van der Waals surface area contributed by atoms with Crippen LogP contribution >= 0.6 is 0 Å². The molecule has 0 spiro atoms. The van der Waals surface area contributed by atoms with Gasteiger partial charge in [0.1, 0.15) is 5.78 Å². The van der Waals surface area contributed by atoms with E-state index in [0.29, 0.717) is 29.0 Å². The normalized spacial score (nSPS) is 50.7. The average molecular weight is 361 g/mol. The first-order valence-electron chi connectivity index (χ1n) is 11.1. The minimum atomic E-state index is -0.667. The molecule has 4 aliphatic rings. The number of ketones is 1. The third-order valence-electron chi connectivity index (χ3n) is 9.68. The fourth-order valence-electron chi connectivity index (χ4n) is 8.37. The highest BCUT2D eigenvalue weighted by atomic mass is 16.4. The molecule has 0 bridgehead atoms. The van der Waals surface area contributed by atoms with Crippen LogP contribution in [-0.4, -0.2) is 16.9 Å². The van der Waals surface area contributed by atoms with Gasteiger partial charge in [0.25, 0.3) is 0 Å². The van der Waals surface area contributed by atoms with Crippen molar-refractivity contribution >= 4 is 11.8 Å². The molecule has 0 aromatic heterocycles. The topological polar surface area (TPSA) is 54.4 Å². The molecule has 8 unspecified atom stereocenters. The standard InChI is InChI=1S/C23H36O3/c1-4-15-16-7-5-6-11-23(16,3)18-10-12-22(2)14(13-19(24)25)8-9-17(22)20(18)21(15)26/h14-18,20H,4-13H2,1-3H3,(H,24,25). The molecule has 4 fully saturated rings. The molecule has 0 heterocycles. The zero-order valence-corrected chi connectivity index (χ0v) is 16.8. The quantitative estimate of drug-likeness (QED) is 0.740.